The van der Waals surface area contributed by atoms with Crippen molar-refractivity contribution in [3.63, 3.8) is 0 Å². The lowest BCUT2D eigenvalue weighted by atomic mass is 10.1. The first-order valence-electron chi connectivity index (χ1n) is 7.90. The quantitative estimate of drug-likeness (QED) is 0.709. The van der Waals surface area contributed by atoms with Crippen molar-refractivity contribution in [2.75, 3.05) is 5.32 Å². The molecule has 0 aliphatic rings. The first-order valence-corrected chi connectivity index (χ1v) is 7.90. The molecule has 0 fully saturated rings. The standard InChI is InChI=1S/C21H17NO3/c23-20(17-11-5-2-6-12-17)22-19-14-8-7-13-18(19)21(24)25-15-16-9-3-1-4-10-16/h1-14H,15H2,(H,22,23). The van der Waals surface area contributed by atoms with Gasteiger partial charge in [-0.2, -0.15) is 0 Å². The van der Waals surface area contributed by atoms with Crippen LogP contribution >= 0.6 is 0 Å². The molecular weight excluding hydrogens is 314 g/mol. The third-order valence-electron chi connectivity index (χ3n) is 3.64. The SMILES string of the molecule is O=C(Nc1ccccc1C(=O)OCc1ccccc1)c1ccccc1. The van der Waals surface area contributed by atoms with E-state index in [0.29, 0.717) is 16.8 Å². The molecule has 3 rings (SSSR count). The second-order valence-electron chi connectivity index (χ2n) is 5.43. The number of hydrogen-bond acceptors (Lipinski definition) is 3. The normalized spacial score (nSPS) is 10.1. The number of anilines is 1. The summed E-state index contributed by atoms with van der Waals surface area (Å²) in [5, 5.41) is 2.77. The smallest absolute Gasteiger partial charge is 0.340 e. The fourth-order valence-corrected chi connectivity index (χ4v) is 2.35. The van der Waals surface area contributed by atoms with Crippen LogP contribution in [0.2, 0.25) is 0 Å². The van der Waals surface area contributed by atoms with Crippen LogP contribution in [0.15, 0.2) is 84.9 Å². The molecule has 4 heteroatoms. The summed E-state index contributed by atoms with van der Waals surface area (Å²) < 4.78 is 5.35. The number of esters is 1. The van der Waals surface area contributed by atoms with Crippen LogP contribution < -0.4 is 5.32 Å². The highest BCUT2D eigenvalue weighted by Gasteiger charge is 2.15. The molecule has 0 saturated carbocycles. The fourth-order valence-electron chi connectivity index (χ4n) is 2.35. The predicted octanol–water partition coefficient (Wildman–Crippen LogP) is 4.30. The molecule has 1 amide bonds. The highest BCUT2D eigenvalue weighted by atomic mass is 16.5. The van der Waals surface area contributed by atoms with Gasteiger partial charge in [-0.15, -0.1) is 0 Å². The largest absolute Gasteiger partial charge is 0.457 e. The topological polar surface area (TPSA) is 55.4 Å². The van der Waals surface area contributed by atoms with Gasteiger partial charge >= 0.3 is 5.97 Å². The predicted molar refractivity (Wildman–Crippen MR) is 96.4 cm³/mol. The molecule has 25 heavy (non-hydrogen) atoms. The number of nitrogens with one attached hydrogen (secondary N) is 1. The Balaban J connectivity index is 1.72. The van der Waals surface area contributed by atoms with Crippen molar-refractivity contribution in [2.45, 2.75) is 6.61 Å². The molecule has 0 radical (unpaired) electrons. The minimum Gasteiger partial charge on any atom is -0.457 e. The zero-order chi connectivity index (χ0) is 17.5. The maximum absolute atomic E-state index is 12.4. The minimum absolute atomic E-state index is 0.181. The van der Waals surface area contributed by atoms with E-state index in [9.17, 15) is 9.59 Å². The second-order valence-corrected chi connectivity index (χ2v) is 5.43. The van der Waals surface area contributed by atoms with Crippen LogP contribution in [0.4, 0.5) is 5.69 Å². The van der Waals surface area contributed by atoms with E-state index in [0.717, 1.165) is 5.56 Å². The summed E-state index contributed by atoms with van der Waals surface area (Å²) in [5.41, 5.74) is 2.17. The summed E-state index contributed by atoms with van der Waals surface area (Å²) >= 11 is 0. The van der Waals surface area contributed by atoms with E-state index in [2.05, 4.69) is 5.32 Å². The van der Waals surface area contributed by atoms with Crippen LogP contribution in [0, 0.1) is 0 Å². The Bertz CT molecular complexity index is 861. The third kappa shape index (κ3) is 4.32. The summed E-state index contributed by atoms with van der Waals surface area (Å²) in [5.74, 6) is -0.753. The molecule has 0 bridgehead atoms. The van der Waals surface area contributed by atoms with Crippen LogP contribution in [-0.4, -0.2) is 11.9 Å². The van der Waals surface area contributed by atoms with Gasteiger partial charge in [-0.1, -0.05) is 60.7 Å². The van der Waals surface area contributed by atoms with Gasteiger partial charge in [0.15, 0.2) is 0 Å². The molecule has 3 aromatic carbocycles. The molecule has 3 aromatic rings. The van der Waals surface area contributed by atoms with E-state index in [-0.39, 0.29) is 12.5 Å². The number of carbonyl (C=O) groups is 2. The van der Waals surface area contributed by atoms with E-state index < -0.39 is 5.97 Å². The Morgan fingerprint density at radius 2 is 1.36 bits per heavy atom. The van der Waals surface area contributed by atoms with Gasteiger partial charge in [-0.05, 0) is 29.8 Å². The van der Waals surface area contributed by atoms with Gasteiger partial charge in [0.2, 0.25) is 0 Å². The van der Waals surface area contributed by atoms with Crippen molar-refractivity contribution >= 4 is 17.6 Å². The number of hydrogen-bond donors (Lipinski definition) is 1. The van der Waals surface area contributed by atoms with Gasteiger partial charge in [0.25, 0.3) is 5.91 Å². The van der Waals surface area contributed by atoms with E-state index in [1.165, 1.54) is 0 Å². The van der Waals surface area contributed by atoms with Crippen molar-refractivity contribution in [1.82, 2.24) is 0 Å². The molecule has 0 atom stereocenters. The molecule has 0 heterocycles. The molecule has 1 N–H and O–H groups in total. The lowest BCUT2D eigenvalue weighted by Crippen LogP contribution is -2.15. The zero-order valence-electron chi connectivity index (χ0n) is 13.5. The van der Waals surface area contributed by atoms with E-state index in [1.54, 1.807) is 48.5 Å². The van der Waals surface area contributed by atoms with Gasteiger partial charge in [-0.3, -0.25) is 4.79 Å². The van der Waals surface area contributed by atoms with Crippen LogP contribution in [0.5, 0.6) is 0 Å². The first kappa shape index (κ1) is 16.5. The summed E-state index contributed by atoms with van der Waals surface area (Å²) in [6.45, 7) is 0.181. The molecule has 0 aromatic heterocycles. The molecular formula is C21H17NO3. The van der Waals surface area contributed by atoms with Gasteiger partial charge in [-0.25, -0.2) is 4.79 Å². The average molecular weight is 331 g/mol. The molecule has 0 aliphatic heterocycles. The number of rotatable bonds is 5. The highest BCUT2D eigenvalue weighted by molar-refractivity contribution is 6.07. The minimum atomic E-state index is -0.479. The van der Waals surface area contributed by atoms with Gasteiger partial charge < -0.3 is 10.1 Å². The fraction of sp³-hybridized carbons (Fsp3) is 0.0476. The average Bonchev–Trinajstić information content (AvgIpc) is 2.68. The van der Waals surface area contributed by atoms with Gasteiger partial charge in [0.05, 0.1) is 11.3 Å². The third-order valence-corrected chi connectivity index (χ3v) is 3.64. The number of carbonyl (C=O) groups excluding carboxylic acids is 2. The monoisotopic (exact) mass is 331 g/mol. The molecule has 0 aliphatic carbocycles. The van der Waals surface area contributed by atoms with Crippen molar-refractivity contribution in [3.05, 3.63) is 102 Å². The molecule has 0 saturated heterocycles. The molecule has 124 valence electrons. The van der Waals surface area contributed by atoms with Crippen molar-refractivity contribution in [3.8, 4) is 0 Å². The van der Waals surface area contributed by atoms with Crippen molar-refractivity contribution in [2.24, 2.45) is 0 Å². The van der Waals surface area contributed by atoms with E-state index in [1.807, 2.05) is 36.4 Å². The number of amides is 1. The van der Waals surface area contributed by atoms with Crippen LogP contribution in [0.3, 0.4) is 0 Å². The maximum Gasteiger partial charge on any atom is 0.340 e. The Kier molecular flexibility index (Phi) is 5.22. The summed E-state index contributed by atoms with van der Waals surface area (Å²) in [4.78, 5) is 24.7. The number of para-hydroxylation sites is 1. The Morgan fingerprint density at radius 1 is 0.760 bits per heavy atom. The number of ether oxygens (including phenoxy) is 1. The first-order chi connectivity index (χ1) is 12.2. The lowest BCUT2D eigenvalue weighted by Gasteiger charge is -2.11. The van der Waals surface area contributed by atoms with Crippen molar-refractivity contribution < 1.29 is 14.3 Å². The van der Waals surface area contributed by atoms with Crippen molar-refractivity contribution in [1.29, 1.82) is 0 Å². The summed E-state index contributed by atoms with van der Waals surface area (Å²) in [6, 6.07) is 25.1. The molecule has 0 unspecified atom stereocenters. The Labute approximate surface area is 146 Å². The van der Waals surface area contributed by atoms with Crippen LogP contribution in [0.25, 0.3) is 0 Å². The Hall–Kier alpha value is -3.40. The molecule has 0 spiro atoms. The highest BCUT2D eigenvalue weighted by Crippen LogP contribution is 2.18. The maximum atomic E-state index is 12.4. The summed E-state index contributed by atoms with van der Waals surface area (Å²) in [6.07, 6.45) is 0. The van der Waals surface area contributed by atoms with Gasteiger partial charge in [0, 0.05) is 5.56 Å². The van der Waals surface area contributed by atoms with E-state index in [4.69, 9.17) is 4.74 Å². The zero-order valence-corrected chi connectivity index (χ0v) is 13.5. The summed E-state index contributed by atoms with van der Waals surface area (Å²) in [7, 11) is 0. The van der Waals surface area contributed by atoms with E-state index >= 15 is 0 Å². The number of benzene rings is 3. The second kappa shape index (κ2) is 7.93. The lowest BCUT2D eigenvalue weighted by molar-refractivity contribution is 0.0474. The van der Waals surface area contributed by atoms with Gasteiger partial charge in [0.1, 0.15) is 6.61 Å². The van der Waals surface area contributed by atoms with Crippen LogP contribution in [0.1, 0.15) is 26.3 Å². The molecule has 4 nitrogen and oxygen atoms in total. The van der Waals surface area contributed by atoms with Crippen LogP contribution in [-0.2, 0) is 11.3 Å². The Morgan fingerprint density at radius 3 is 2.08 bits per heavy atom.